The lowest BCUT2D eigenvalue weighted by atomic mass is 10.1. The molecule has 0 aromatic heterocycles. The second-order valence-corrected chi connectivity index (χ2v) is 6.04. The standard InChI is InChI=1S/C15H22N2OS/c1-2-9-16-13-7-5-12(6-8-13)15(18)17-14-4-3-10-19-11-14/h5-8,14,16H,2-4,9-11H2,1H3,(H,17,18). The Morgan fingerprint density at radius 1 is 1.37 bits per heavy atom. The number of benzene rings is 1. The van der Waals surface area contributed by atoms with Crippen LogP contribution in [0.1, 0.15) is 36.5 Å². The maximum atomic E-state index is 12.1. The molecular formula is C15H22N2OS. The fourth-order valence-corrected chi connectivity index (χ4v) is 3.20. The maximum Gasteiger partial charge on any atom is 0.251 e. The molecule has 1 amide bonds. The highest BCUT2D eigenvalue weighted by Gasteiger charge is 2.16. The number of anilines is 1. The molecule has 1 aliphatic heterocycles. The molecule has 1 aliphatic rings. The molecule has 0 aliphatic carbocycles. The first-order chi connectivity index (χ1) is 9.29. The third-order valence-corrected chi connectivity index (χ3v) is 4.44. The van der Waals surface area contributed by atoms with Crippen molar-refractivity contribution in [3.63, 3.8) is 0 Å². The molecule has 104 valence electrons. The maximum absolute atomic E-state index is 12.1. The summed E-state index contributed by atoms with van der Waals surface area (Å²) in [6.45, 7) is 3.10. The van der Waals surface area contributed by atoms with E-state index < -0.39 is 0 Å². The zero-order valence-corrected chi connectivity index (χ0v) is 12.3. The van der Waals surface area contributed by atoms with Gasteiger partial charge in [-0.2, -0.15) is 11.8 Å². The van der Waals surface area contributed by atoms with Crippen LogP contribution in [0.5, 0.6) is 0 Å². The largest absolute Gasteiger partial charge is 0.385 e. The van der Waals surface area contributed by atoms with Crippen molar-refractivity contribution in [2.45, 2.75) is 32.2 Å². The minimum Gasteiger partial charge on any atom is -0.385 e. The topological polar surface area (TPSA) is 41.1 Å². The van der Waals surface area contributed by atoms with Crippen LogP contribution >= 0.6 is 11.8 Å². The number of thioether (sulfide) groups is 1. The zero-order chi connectivity index (χ0) is 13.5. The third-order valence-electron chi connectivity index (χ3n) is 3.22. The average Bonchev–Trinajstić information content (AvgIpc) is 2.46. The van der Waals surface area contributed by atoms with Gasteiger partial charge >= 0.3 is 0 Å². The van der Waals surface area contributed by atoms with Crippen molar-refractivity contribution in [1.82, 2.24) is 5.32 Å². The van der Waals surface area contributed by atoms with E-state index in [4.69, 9.17) is 0 Å². The molecule has 1 aromatic rings. The van der Waals surface area contributed by atoms with Gasteiger partial charge in [0.2, 0.25) is 0 Å². The van der Waals surface area contributed by atoms with Crippen LogP contribution in [-0.2, 0) is 0 Å². The summed E-state index contributed by atoms with van der Waals surface area (Å²) in [5.74, 6) is 2.32. The summed E-state index contributed by atoms with van der Waals surface area (Å²) >= 11 is 1.93. The molecule has 1 atom stereocenters. The van der Waals surface area contributed by atoms with Crippen LogP contribution in [0.2, 0.25) is 0 Å². The predicted octanol–water partition coefficient (Wildman–Crippen LogP) is 3.13. The van der Waals surface area contributed by atoms with Crippen LogP contribution in [-0.4, -0.2) is 30.0 Å². The second kappa shape index (κ2) is 7.43. The predicted molar refractivity (Wildman–Crippen MR) is 83.0 cm³/mol. The number of amides is 1. The molecule has 3 nitrogen and oxygen atoms in total. The Kier molecular flexibility index (Phi) is 5.58. The molecule has 1 heterocycles. The molecule has 0 spiro atoms. The molecule has 0 saturated carbocycles. The van der Waals surface area contributed by atoms with Crippen molar-refractivity contribution in [3.8, 4) is 0 Å². The van der Waals surface area contributed by atoms with Gasteiger partial charge in [-0.1, -0.05) is 6.92 Å². The number of hydrogen-bond donors (Lipinski definition) is 2. The lowest BCUT2D eigenvalue weighted by Gasteiger charge is -2.22. The summed E-state index contributed by atoms with van der Waals surface area (Å²) in [7, 11) is 0. The van der Waals surface area contributed by atoms with E-state index >= 15 is 0 Å². The van der Waals surface area contributed by atoms with Crippen molar-refractivity contribution in [1.29, 1.82) is 0 Å². The van der Waals surface area contributed by atoms with Gasteiger partial charge < -0.3 is 10.6 Å². The molecule has 1 unspecified atom stereocenters. The molecule has 1 fully saturated rings. The van der Waals surface area contributed by atoms with Crippen molar-refractivity contribution in [2.75, 3.05) is 23.4 Å². The minimum atomic E-state index is 0.0505. The molecule has 0 radical (unpaired) electrons. The molecular weight excluding hydrogens is 256 g/mol. The first-order valence-corrected chi connectivity index (χ1v) is 8.17. The number of rotatable bonds is 5. The highest BCUT2D eigenvalue weighted by molar-refractivity contribution is 7.99. The Hall–Kier alpha value is -1.16. The van der Waals surface area contributed by atoms with E-state index in [0.717, 1.165) is 36.4 Å². The van der Waals surface area contributed by atoms with E-state index in [1.165, 1.54) is 12.2 Å². The molecule has 0 bridgehead atoms. The Bertz CT molecular complexity index is 399. The van der Waals surface area contributed by atoms with Gasteiger partial charge in [-0.3, -0.25) is 4.79 Å². The van der Waals surface area contributed by atoms with Gasteiger partial charge in [0.05, 0.1) is 0 Å². The average molecular weight is 278 g/mol. The van der Waals surface area contributed by atoms with Crippen LogP contribution in [0.3, 0.4) is 0 Å². The van der Waals surface area contributed by atoms with Crippen LogP contribution < -0.4 is 10.6 Å². The Morgan fingerprint density at radius 2 is 2.16 bits per heavy atom. The highest BCUT2D eigenvalue weighted by atomic mass is 32.2. The summed E-state index contributed by atoms with van der Waals surface area (Å²) in [5, 5.41) is 6.42. The van der Waals surface area contributed by atoms with Gasteiger partial charge in [0.1, 0.15) is 0 Å². The van der Waals surface area contributed by atoms with E-state index in [0.29, 0.717) is 6.04 Å². The molecule has 4 heteroatoms. The molecule has 1 saturated heterocycles. The number of carbonyl (C=O) groups is 1. The SMILES string of the molecule is CCCNc1ccc(C(=O)NC2CCCSC2)cc1. The Balaban J connectivity index is 1.87. The van der Waals surface area contributed by atoms with Gasteiger partial charge in [-0.15, -0.1) is 0 Å². The van der Waals surface area contributed by atoms with Crippen LogP contribution in [0.15, 0.2) is 24.3 Å². The minimum absolute atomic E-state index is 0.0505. The van der Waals surface area contributed by atoms with Gasteiger partial charge in [0, 0.05) is 29.6 Å². The first-order valence-electron chi connectivity index (χ1n) is 7.02. The first kappa shape index (κ1) is 14.3. The Morgan fingerprint density at radius 3 is 2.79 bits per heavy atom. The second-order valence-electron chi connectivity index (χ2n) is 4.89. The molecule has 19 heavy (non-hydrogen) atoms. The summed E-state index contributed by atoms with van der Waals surface area (Å²) < 4.78 is 0. The lowest BCUT2D eigenvalue weighted by Crippen LogP contribution is -2.38. The summed E-state index contributed by atoms with van der Waals surface area (Å²) in [5.41, 5.74) is 1.82. The molecule has 2 N–H and O–H groups in total. The van der Waals surface area contributed by atoms with E-state index in [1.807, 2.05) is 36.0 Å². The van der Waals surface area contributed by atoms with Crippen LogP contribution in [0.25, 0.3) is 0 Å². The smallest absolute Gasteiger partial charge is 0.251 e. The van der Waals surface area contributed by atoms with Gasteiger partial charge in [-0.25, -0.2) is 0 Å². The summed E-state index contributed by atoms with van der Waals surface area (Å²) in [4.78, 5) is 12.1. The van der Waals surface area contributed by atoms with E-state index in [-0.39, 0.29) is 5.91 Å². The fraction of sp³-hybridized carbons (Fsp3) is 0.533. The highest BCUT2D eigenvalue weighted by Crippen LogP contribution is 2.17. The molecule has 1 aromatic carbocycles. The number of hydrogen-bond acceptors (Lipinski definition) is 3. The number of nitrogens with one attached hydrogen (secondary N) is 2. The van der Waals surface area contributed by atoms with E-state index in [2.05, 4.69) is 17.6 Å². The molecule has 2 rings (SSSR count). The van der Waals surface area contributed by atoms with Gasteiger partial charge in [-0.05, 0) is 49.3 Å². The van der Waals surface area contributed by atoms with Crippen molar-refractivity contribution >= 4 is 23.4 Å². The fourth-order valence-electron chi connectivity index (χ4n) is 2.13. The lowest BCUT2D eigenvalue weighted by molar-refractivity contribution is 0.0938. The van der Waals surface area contributed by atoms with E-state index in [9.17, 15) is 4.79 Å². The van der Waals surface area contributed by atoms with E-state index in [1.54, 1.807) is 0 Å². The Labute approximate surface area is 119 Å². The monoisotopic (exact) mass is 278 g/mol. The van der Waals surface area contributed by atoms with Crippen LogP contribution in [0.4, 0.5) is 5.69 Å². The van der Waals surface area contributed by atoms with Crippen molar-refractivity contribution in [2.24, 2.45) is 0 Å². The summed E-state index contributed by atoms with van der Waals surface area (Å²) in [6, 6.07) is 8.07. The zero-order valence-electron chi connectivity index (χ0n) is 11.4. The summed E-state index contributed by atoms with van der Waals surface area (Å²) in [6.07, 6.45) is 3.41. The van der Waals surface area contributed by atoms with Crippen LogP contribution in [0, 0.1) is 0 Å². The van der Waals surface area contributed by atoms with Crippen molar-refractivity contribution < 1.29 is 4.79 Å². The van der Waals surface area contributed by atoms with Gasteiger partial charge in [0.25, 0.3) is 5.91 Å². The van der Waals surface area contributed by atoms with Crippen molar-refractivity contribution in [3.05, 3.63) is 29.8 Å². The van der Waals surface area contributed by atoms with Gasteiger partial charge in [0.15, 0.2) is 0 Å². The normalized spacial score (nSPS) is 18.9. The quantitative estimate of drug-likeness (QED) is 0.869. The number of carbonyl (C=O) groups excluding carboxylic acids is 1. The third kappa shape index (κ3) is 4.46.